The van der Waals surface area contributed by atoms with Crippen molar-refractivity contribution in [3.05, 3.63) is 46.7 Å². The maximum absolute atomic E-state index is 12.2. The Morgan fingerprint density at radius 2 is 2.05 bits per heavy atom. The molecule has 112 valence electrons. The predicted octanol–water partition coefficient (Wildman–Crippen LogP) is 2.65. The van der Waals surface area contributed by atoms with Crippen molar-refractivity contribution in [2.45, 2.75) is 24.8 Å². The van der Waals surface area contributed by atoms with E-state index in [0.29, 0.717) is 11.3 Å². The predicted molar refractivity (Wildman–Crippen MR) is 81.2 cm³/mol. The number of carbonyl (C=O) groups excluding carboxylic acids is 1. The van der Waals surface area contributed by atoms with Gasteiger partial charge in [-0.25, -0.2) is 13.1 Å². The van der Waals surface area contributed by atoms with Crippen LogP contribution in [0, 0.1) is 0 Å². The first-order valence-corrected chi connectivity index (χ1v) is 8.67. The number of rotatable bonds is 5. The maximum Gasteiger partial charge on any atom is 0.265 e. The van der Waals surface area contributed by atoms with E-state index in [-0.39, 0.29) is 11.0 Å². The summed E-state index contributed by atoms with van der Waals surface area (Å²) in [6, 6.07) is 7.61. The molecule has 1 aromatic carbocycles. The normalized spacial score (nSPS) is 11.4. The van der Waals surface area contributed by atoms with Gasteiger partial charge in [-0.1, -0.05) is 6.07 Å². The molecule has 0 aliphatic rings. The molecule has 0 spiro atoms. The zero-order valence-corrected chi connectivity index (χ0v) is 13.2. The van der Waals surface area contributed by atoms with E-state index < -0.39 is 15.9 Å². The SMILES string of the molecule is CC(C)Oc1cccc(S(=O)(=O)NC(=O)c2ccsc2)c1. The van der Waals surface area contributed by atoms with Gasteiger partial charge in [-0.15, -0.1) is 0 Å². The quantitative estimate of drug-likeness (QED) is 0.917. The van der Waals surface area contributed by atoms with Crippen molar-refractivity contribution in [3.63, 3.8) is 0 Å². The molecule has 0 saturated carbocycles. The number of amides is 1. The van der Waals surface area contributed by atoms with Crippen molar-refractivity contribution in [1.82, 2.24) is 4.72 Å². The summed E-state index contributed by atoms with van der Waals surface area (Å²) in [5, 5.41) is 3.29. The van der Waals surface area contributed by atoms with Crippen LogP contribution in [0.15, 0.2) is 46.0 Å². The smallest absolute Gasteiger partial charge is 0.265 e. The molecule has 21 heavy (non-hydrogen) atoms. The Kier molecular flexibility index (Phi) is 4.64. The number of hydrogen-bond donors (Lipinski definition) is 1. The van der Waals surface area contributed by atoms with E-state index in [0.717, 1.165) is 0 Å². The van der Waals surface area contributed by atoms with Crippen molar-refractivity contribution in [1.29, 1.82) is 0 Å². The molecular formula is C14H15NO4S2. The highest BCUT2D eigenvalue weighted by Crippen LogP contribution is 2.19. The van der Waals surface area contributed by atoms with Gasteiger partial charge in [0.25, 0.3) is 15.9 Å². The van der Waals surface area contributed by atoms with Crippen LogP contribution in [-0.4, -0.2) is 20.4 Å². The van der Waals surface area contributed by atoms with Gasteiger partial charge in [0, 0.05) is 11.4 Å². The highest BCUT2D eigenvalue weighted by atomic mass is 32.2. The summed E-state index contributed by atoms with van der Waals surface area (Å²) >= 11 is 1.32. The lowest BCUT2D eigenvalue weighted by Crippen LogP contribution is -2.30. The highest BCUT2D eigenvalue weighted by Gasteiger charge is 2.19. The maximum atomic E-state index is 12.2. The van der Waals surface area contributed by atoms with E-state index in [1.54, 1.807) is 29.0 Å². The molecule has 1 heterocycles. The Morgan fingerprint density at radius 1 is 1.29 bits per heavy atom. The van der Waals surface area contributed by atoms with E-state index in [9.17, 15) is 13.2 Å². The summed E-state index contributed by atoms with van der Waals surface area (Å²) < 4.78 is 31.9. The van der Waals surface area contributed by atoms with Crippen molar-refractivity contribution < 1.29 is 17.9 Å². The molecule has 0 saturated heterocycles. The average Bonchev–Trinajstić information content (AvgIpc) is 2.91. The monoisotopic (exact) mass is 325 g/mol. The summed E-state index contributed by atoms with van der Waals surface area (Å²) in [6.07, 6.45) is -0.0663. The summed E-state index contributed by atoms with van der Waals surface area (Å²) in [7, 11) is -3.92. The fraction of sp³-hybridized carbons (Fsp3) is 0.214. The molecule has 2 aromatic rings. The van der Waals surface area contributed by atoms with Crippen molar-refractivity contribution in [2.24, 2.45) is 0 Å². The summed E-state index contributed by atoms with van der Waals surface area (Å²) in [5.41, 5.74) is 0.318. The molecule has 1 aromatic heterocycles. The zero-order chi connectivity index (χ0) is 15.5. The minimum Gasteiger partial charge on any atom is -0.491 e. The molecule has 1 N–H and O–H groups in total. The van der Waals surface area contributed by atoms with Crippen LogP contribution in [0.25, 0.3) is 0 Å². The largest absolute Gasteiger partial charge is 0.491 e. The van der Waals surface area contributed by atoms with Gasteiger partial charge in [0.2, 0.25) is 0 Å². The standard InChI is InChI=1S/C14H15NO4S2/c1-10(2)19-12-4-3-5-13(8-12)21(17,18)15-14(16)11-6-7-20-9-11/h3-10H,1-2H3,(H,15,16). The van der Waals surface area contributed by atoms with E-state index in [1.807, 2.05) is 18.6 Å². The fourth-order valence-electron chi connectivity index (χ4n) is 1.62. The first-order chi connectivity index (χ1) is 9.88. The molecule has 0 aliphatic heterocycles. The van der Waals surface area contributed by atoms with E-state index in [1.165, 1.54) is 23.5 Å². The minimum absolute atomic E-state index is 0.00997. The van der Waals surface area contributed by atoms with Gasteiger partial charge >= 0.3 is 0 Å². The number of thiophene rings is 1. The Labute approximate surface area is 127 Å². The number of hydrogen-bond acceptors (Lipinski definition) is 5. The van der Waals surface area contributed by atoms with Crippen LogP contribution in [0.1, 0.15) is 24.2 Å². The summed E-state index contributed by atoms with van der Waals surface area (Å²) in [6.45, 7) is 3.69. The summed E-state index contributed by atoms with van der Waals surface area (Å²) in [5.74, 6) is -0.206. The van der Waals surface area contributed by atoms with E-state index >= 15 is 0 Å². The van der Waals surface area contributed by atoms with Gasteiger partial charge in [0.05, 0.1) is 16.6 Å². The molecular weight excluding hydrogens is 310 g/mol. The average molecular weight is 325 g/mol. The van der Waals surface area contributed by atoms with Gasteiger partial charge < -0.3 is 4.74 Å². The first kappa shape index (κ1) is 15.5. The second-order valence-electron chi connectivity index (χ2n) is 4.59. The Bertz CT molecular complexity index is 721. The van der Waals surface area contributed by atoms with Crippen LogP contribution in [0.5, 0.6) is 5.75 Å². The van der Waals surface area contributed by atoms with Gasteiger partial charge in [-0.3, -0.25) is 4.79 Å². The first-order valence-electron chi connectivity index (χ1n) is 6.24. The fourth-order valence-corrected chi connectivity index (χ4v) is 3.27. The van der Waals surface area contributed by atoms with Crippen LogP contribution in [0.3, 0.4) is 0 Å². The number of carbonyl (C=O) groups is 1. The topological polar surface area (TPSA) is 72.5 Å². The Hall–Kier alpha value is -1.86. The van der Waals surface area contributed by atoms with Gasteiger partial charge in [-0.05, 0) is 37.4 Å². The molecule has 0 fully saturated rings. The lowest BCUT2D eigenvalue weighted by molar-refractivity contribution is 0.0982. The molecule has 5 nitrogen and oxygen atoms in total. The molecule has 0 radical (unpaired) electrons. The highest BCUT2D eigenvalue weighted by molar-refractivity contribution is 7.90. The number of ether oxygens (including phenoxy) is 1. The molecule has 2 rings (SSSR count). The lowest BCUT2D eigenvalue weighted by atomic mass is 10.3. The number of sulfonamides is 1. The van der Waals surface area contributed by atoms with Gasteiger partial charge in [-0.2, -0.15) is 11.3 Å². The summed E-state index contributed by atoms with van der Waals surface area (Å²) in [4.78, 5) is 11.8. The van der Waals surface area contributed by atoms with Crippen LogP contribution in [-0.2, 0) is 10.0 Å². The Balaban J connectivity index is 2.21. The van der Waals surface area contributed by atoms with Crippen molar-refractivity contribution in [2.75, 3.05) is 0 Å². The van der Waals surface area contributed by atoms with Crippen LogP contribution in [0.2, 0.25) is 0 Å². The van der Waals surface area contributed by atoms with Crippen molar-refractivity contribution >= 4 is 27.3 Å². The third-order valence-corrected chi connectivity index (χ3v) is 4.51. The van der Waals surface area contributed by atoms with Gasteiger partial charge in [0.1, 0.15) is 5.75 Å². The van der Waals surface area contributed by atoms with Crippen LogP contribution >= 0.6 is 11.3 Å². The molecule has 7 heteroatoms. The van der Waals surface area contributed by atoms with E-state index in [4.69, 9.17) is 4.74 Å². The van der Waals surface area contributed by atoms with Gasteiger partial charge in [0.15, 0.2) is 0 Å². The number of benzene rings is 1. The molecule has 0 unspecified atom stereocenters. The zero-order valence-electron chi connectivity index (χ0n) is 11.6. The molecule has 1 amide bonds. The van der Waals surface area contributed by atoms with Crippen LogP contribution < -0.4 is 9.46 Å². The van der Waals surface area contributed by atoms with Crippen molar-refractivity contribution in [3.8, 4) is 5.75 Å². The molecule has 0 bridgehead atoms. The van der Waals surface area contributed by atoms with Crippen LogP contribution in [0.4, 0.5) is 0 Å². The minimum atomic E-state index is -3.92. The third-order valence-electron chi connectivity index (χ3n) is 2.50. The lowest BCUT2D eigenvalue weighted by Gasteiger charge is -2.11. The molecule has 0 aliphatic carbocycles. The number of nitrogens with one attached hydrogen (secondary N) is 1. The second kappa shape index (κ2) is 6.28. The second-order valence-corrected chi connectivity index (χ2v) is 7.05. The Morgan fingerprint density at radius 3 is 2.67 bits per heavy atom. The van der Waals surface area contributed by atoms with E-state index in [2.05, 4.69) is 0 Å². The molecule has 0 atom stereocenters. The third kappa shape index (κ3) is 4.05.